The zero-order chi connectivity index (χ0) is 12.4. The van der Waals surface area contributed by atoms with Crippen molar-refractivity contribution >= 4 is 16.9 Å². The highest BCUT2D eigenvalue weighted by Crippen LogP contribution is 2.18. The predicted octanol–water partition coefficient (Wildman–Crippen LogP) is 0.709. The van der Waals surface area contributed by atoms with Crippen LogP contribution in [0.4, 0.5) is 0 Å². The molecule has 17 heavy (non-hydrogen) atoms. The summed E-state index contributed by atoms with van der Waals surface area (Å²) in [6, 6.07) is 7.92. The van der Waals surface area contributed by atoms with Gasteiger partial charge in [-0.05, 0) is 19.1 Å². The molecule has 1 heterocycles. The van der Waals surface area contributed by atoms with Crippen molar-refractivity contribution in [3.63, 3.8) is 0 Å². The molecule has 0 bridgehead atoms. The number of aryl methyl sites for hydroxylation is 1. The number of nitrogens with two attached hydrogens (primary N) is 1. The van der Waals surface area contributed by atoms with Gasteiger partial charge in [-0.3, -0.25) is 10.1 Å². The molecular formula is C12H16N4O. The van der Waals surface area contributed by atoms with Crippen molar-refractivity contribution in [1.82, 2.24) is 14.9 Å². The minimum absolute atomic E-state index is 0.0140. The molecule has 90 valence electrons. The van der Waals surface area contributed by atoms with E-state index in [1.807, 2.05) is 42.8 Å². The van der Waals surface area contributed by atoms with Crippen molar-refractivity contribution in [2.24, 2.45) is 12.8 Å². The molecule has 0 fully saturated rings. The highest BCUT2D eigenvalue weighted by Gasteiger charge is 2.13. The van der Waals surface area contributed by atoms with Crippen molar-refractivity contribution in [3.05, 3.63) is 30.1 Å². The third-order valence-corrected chi connectivity index (χ3v) is 2.79. The fourth-order valence-electron chi connectivity index (χ4n) is 1.90. The van der Waals surface area contributed by atoms with Gasteiger partial charge in [-0.2, -0.15) is 0 Å². The molecule has 0 aliphatic rings. The molecule has 2 rings (SSSR count). The Morgan fingerprint density at radius 1 is 1.53 bits per heavy atom. The lowest BCUT2D eigenvalue weighted by Crippen LogP contribution is -2.31. The second-order valence-corrected chi connectivity index (χ2v) is 4.09. The third kappa shape index (κ3) is 2.29. The molecule has 0 saturated carbocycles. The molecule has 1 aromatic heterocycles. The first-order valence-electron chi connectivity index (χ1n) is 5.52. The standard InChI is InChI=1S/C12H16N4O/c1-8(14-7-11(13)17)12-15-9-5-3-4-6-10(9)16(12)2/h3-6,8,14H,7H2,1-2H3,(H2,13,17). The number of fused-ring (bicyclic) bond motifs is 1. The normalized spacial score (nSPS) is 12.8. The number of amides is 1. The van der Waals surface area contributed by atoms with Crippen LogP contribution in [0.3, 0.4) is 0 Å². The molecule has 0 saturated heterocycles. The second-order valence-electron chi connectivity index (χ2n) is 4.09. The molecule has 0 aliphatic heterocycles. The maximum atomic E-state index is 10.7. The third-order valence-electron chi connectivity index (χ3n) is 2.79. The summed E-state index contributed by atoms with van der Waals surface area (Å²) in [5.74, 6) is 0.531. The first-order valence-corrected chi connectivity index (χ1v) is 5.52. The highest BCUT2D eigenvalue weighted by molar-refractivity contribution is 5.76. The number of aromatic nitrogens is 2. The zero-order valence-electron chi connectivity index (χ0n) is 9.97. The van der Waals surface area contributed by atoms with Crippen molar-refractivity contribution in [2.75, 3.05) is 6.54 Å². The Morgan fingerprint density at radius 2 is 2.24 bits per heavy atom. The summed E-state index contributed by atoms with van der Waals surface area (Å²) < 4.78 is 2.02. The molecular weight excluding hydrogens is 216 g/mol. The topological polar surface area (TPSA) is 72.9 Å². The number of imidazole rings is 1. The molecule has 5 nitrogen and oxygen atoms in total. The van der Waals surface area contributed by atoms with E-state index in [0.29, 0.717) is 0 Å². The van der Waals surface area contributed by atoms with Crippen LogP contribution in [0.25, 0.3) is 11.0 Å². The largest absolute Gasteiger partial charge is 0.369 e. The first-order chi connectivity index (χ1) is 8.09. The Labute approximate surface area is 99.6 Å². The molecule has 1 amide bonds. The lowest BCUT2D eigenvalue weighted by atomic mass is 10.3. The van der Waals surface area contributed by atoms with Gasteiger partial charge in [0.1, 0.15) is 5.82 Å². The Hall–Kier alpha value is -1.88. The fourth-order valence-corrected chi connectivity index (χ4v) is 1.90. The molecule has 0 radical (unpaired) electrons. The number of nitrogens with zero attached hydrogens (tertiary/aromatic N) is 2. The van der Waals surface area contributed by atoms with E-state index in [0.717, 1.165) is 16.9 Å². The number of carbonyl (C=O) groups is 1. The minimum atomic E-state index is -0.365. The average molecular weight is 232 g/mol. The Morgan fingerprint density at radius 3 is 2.88 bits per heavy atom. The van der Waals surface area contributed by atoms with Gasteiger partial charge in [-0.1, -0.05) is 12.1 Å². The Bertz CT molecular complexity index is 546. The van der Waals surface area contributed by atoms with Crippen LogP contribution in [0.15, 0.2) is 24.3 Å². The molecule has 0 aliphatic carbocycles. The fraction of sp³-hybridized carbons (Fsp3) is 0.333. The molecule has 5 heteroatoms. The summed E-state index contributed by atoms with van der Waals surface area (Å²) in [7, 11) is 1.97. The van der Waals surface area contributed by atoms with Gasteiger partial charge in [0.25, 0.3) is 0 Å². The number of primary amides is 1. The summed E-state index contributed by atoms with van der Waals surface area (Å²) in [5, 5.41) is 3.04. The van der Waals surface area contributed by atoms with Crippen LogP contribution in [-0.4, -0.2) is 22.0 Å². The average Bonchev–Trinajstić information content (AvgIpc) is 2.64. The number of hydrogen-bond acceptors (Lipinski definition) is 3. The lowest BCUT2D eigenvalue weighted by Gasteiger charge is -2.12. The Balaban J connectivity index is 2.29. The van der Waals surface area contributed by atoms with E-state index >= 15 is 0 Å². The lowest BCUT2D eigenvalue weighted by molar-refractivity contribution is -0.117. The summed E-state index contributed by atoms with van der Waals surface area (Å²) in [6.45, 7) is 2.12. The van der Waals surface area contributed by atoms with Crippen molar-refractivity contribution in [3.8, 4) is 0 Å². The van der Waals surface area contributed by atoms with Gasteiger partial charge in [0.2, 0.25) is 5.91 Å². The smallest absolute Gasteiger partial charge is 0.231 e. The van der Waals surface area contributed by atoms with Crippen LogP contribution in [0.5, 0.6) is 0 Å². The van der Waals surface area contributed by atoms with E-state index in [1.165, 1.54) is 0 Å². The SMILES string of the molecule is CC(NCC(N)=O)c1nc2ccccc2n1C. The molecule has 1 aromatic carbocycles. The van der Waals surface area contributed by atoms with Crippen molar-refractivity contribution in [1.29, 1.82) is 0 Å². The van der Waals surface area contributed by atoms with Gasteiger partial charge in [0, 0.05) is 7.05 Å². The number of benzene rings is 1. The quantitative estimate of drug-likeness (QED) is 0.815. The molecule has 0 spiro atoms. The Kier molecular flexibility index (Phi) is 3.10. The van der Waals surface area contributed by atoms with Crippen LogP contribution in [0.2, 0.25) is 0 Å². The second kappa shape index (κ2) is 4.55. The maximum absolute atomic E-state index is 10.7. The summed E-state index contributed by atoms with van der Waals surface area (Å²) >= 11 is 0. The number of nitrogens with one attached hydrogen (secondary N) is 1. The van der Waals surface area contributed by atoms with Gasteiger partial charge in [-0.15, -0.1) is 0 Å². The van der Waals surface area contributed by atoms with E-state index in [-0.39, 0.29) is 18.5 Å². The van der Waals surface area contributed by atoms with Crippen LogP contribution >= 0.6 is 0 Å². The summed E-state index contributed by atoms with van der Waals surface area (Å²) in [6.07, 6.45) is 0. The van der Waals surface area contributed by atoms with Crippen molar-refractivity contribution < 1.29 is 4.79 Å². The van der Waals surface area contributed by atoms with Crippen LogP contribution in [-0.2, 0) is 11.8 Å². The van der Waals surface area contributed by atoms with Gasteiger partial charge >= 0.3 is 0 Å². The van der Waals surface area contributed by atoms with E-state index in [1.54, 1.807) is 0 Å². The maximum Gasteiger partial charge on any atom is 0.231 e. The minimum Gasteiger partial charge on any atom is -0.369 e. The van der Waals surface area contributed by atoms with Crippen LogP contribution in [0, 0.1) is 0 Å². The number of para-hydroxylation sites is 2. The van der Waals surface area contributed by atoms with Crippen LogP contribution in [0.1, 0.15) is 18.8 Å². The van der Waals surface area contributed by atoms with E-state index < -0.39 is 0 Å². The van der Waals surface area contributed by atoms with Crippen LogP contribution < -0.4 is 11.1 Å². The first kappa shape index (κ1) is 11.6. The highest BCUT2D eigenvalue weighted by atomic mass is 16.1. The monoisotopic (exact) mass is 232 g/mol. The van der Waals surface area contributed by atoms with E-state index in [2.05, 4.69) is 10.3 Å². The van der Waals surface area contributed by atoms with E-state index in [9.17, 15) is 4.79 Å². The number of hydrogen-bond donors (Lipinski definition) is 2. The number of carbonyl (C=O) groups excluding carboxylic acids is 1. The molecule has 1 unspecified atom stereocenters. The van der Waals surface area contributed by atoms with Crippen molar-refractivity contribution in [2.45, 2.75) is 13.0 Å². The summed E-state index contributed by atoms with van der Waals surface area (Å²) in [5.41, 5.74) is 7.14. The van der Waals surface area contributed by atoms with Gasteiger partial charge < -0.3 is 10.3 Å². The molecule has 1 atom stereocenters. The zero-order valence-corrected chi connectivity index (χ0v) is 9.97. The molecule has 2 aromatic rings. The van der Waals surface area contributed by atoms with Gasteiger partial charge in [-0.25, -0.2) is 4.98 Å². The van der Waals surface area contributed by atoms with E-state index in [4.69, 9.17) is 5.73 Å². The predicted molar refractivity (Wildman–Crippen MR) is 66.3 cm³/mol. The number of rotatable bonds is 4. The van der Waals surface area contributed by atoms with Gasteiger partial charge in [0.15, 0.2) is 0 Å². The molecule has 3 N–H and O–H groups in total. The van der Waals surface area contributed by atoms with Gasteiger partial charge in [0.05, 0.1) is 23.6 Å². The summed E-state index contributed by atoms with van der Waals surface area (Å²) in [4.78, 5) is 15.3.